The number of hydrogen-bond donors (Lipinski definition) is 2. The maximum atomic E-state index is 5.43. The molecule has 0 radical (unpaired) electrons. The monoisotopic (exact) mass is 250 g/mol. The zero-order chi connectivity index (χ0) is 13.4. The number of rotatable bonds is 8. The van der Waals surface area contributed by atoms with E-state index in [9.17, 15) is 0 Å². The molecule has 102 valence electrons. The summed E-state index contributed by atoms with van der Waals surface area (Å²) in [7, 11) is 1.98. The van der Waals surface area contributed by atoms with E-state index in [1.54, 1.807) is 0 Å². The molecule has 1 rings (SSSR count). The van der Waals surface area contributed by atoms with Crippen LogP contribution in [0.4, 0.5) is 0 Å². The lowest BCUT2D eigenvalue weighted by Gasteiger charge is -2.26. The summed E-state index contributed by atoms with van der Waals surface area (Å²) in [6, 6.07) is 8.35. The fraction of sp³-hybridized carbons (Fsp3) is 0.600. The Hall–Kier alpha value is -1.06. The van der Waals surface area contributed by atoms with Crippen molar-refractivity contribution >= 4 is 0 Å². The SMILES string of the molecule is CCOc1ccc(CCNC(C)(C)CNC)cc1. The normalized spacial score (nSPS) is 11.6. The van der Waals surface area contributed by atoms with Gasteiger partial charge in [-0.25, -0.2) is 0 Å². The predicted octanol–water partition coefficient (Wildman–Crippen LogP) is 2.22. The minimum absolute atomic E-state index is 0.139. The third-order valence-electron chi connectivity index (χ3n) is 2.87. The van der Waals surface area contributed by atoms with Gasteiger partial charge in [0, 0.05) is 12.1 Å². The first-order valence-corrected chi connectivity index (χ1v) is 6.69. The summed E-state index contributed by atoms with van der Waals surface area (Å²) in [6.07, 6.45) is 1.04. The maximum absolute atomic E-state index is 5.43. The molecule has 3 nitrogen and oxygen atoms in total. The highest BCUT2D eigenvalue weighted by Gasteiger charge is 2.14. The summed E-state index contributed by atoms with van der Waals surface area (Å²) < 4.78 is 5.43. The van der Waals surface area contributed by atoms with Crippen LogP contribution in [0.5, 0.6) is 5.75 Å². The van der Waals surface area contributed by atoms with Gasteiger partial charge < -0.3 is 15.4 Å². The Morgan fingerprint density at radius 1 is 1.17 bits per heavy atom. The van der Waals surface area contributed by atoms with Crippen molar-refractivity contribution in [2.75, 3.05) is 26.7 Å². The van der Waals surface area contributed by atoms with E-state index in [1.165, 1.54) is 5.56 Å². The highest BCUT2D eigenvalue weighted by molar-refractivity contribution is 5.27. The average molecular weight is 250 g/mol. The van der Waals surface area contributed by atoms with E-state index in [1.807, 2.05) is 26.1 Å². The number of ether oxygens (including phenoxy) is 1. The fourth-order valence-corrected chi connectivity index (χ4v) is 1.97. The van der Waals surface area contributed by atoms with Gasteiger partial charge >= 0.3 is 0 Å². The van der Waals surface area contributed by atoms with E-state index in [2.05, 4.69) is 36.6 Å². The highest BCUT2D eigenvalue weighted by Crippen LogP contribution is 2.12. The van der Waals surface area contributed by atoms with Crippen LogP contribution >= 0.6 is 0 Å². The summed E-state index contributed by atoms with van der Waals surface area (Å²) >= 11 is 0. The molecule has 2 N–H and O–H groups in total. The van der Waals surface area contributed by atoms with Gasteiger partial charge in [0.15, 0.2) is 0 Å². The van der Waals surface area contributed by atoms with Crippen LogP contribution in [0.3, 0.4) is 0 Å². The van der Waals surface area contributed by atoms with E-state index in [-0.39, 0.29) is 5.54 Å². The molecule has 0 aliphatic carbocycles. The van der Waals surface area contributed by atoms with Crippen LogP contribution in [0.1, 0.15) is 26.3 Å². The summed E-state index contributed by atoms with van der Waals surface area (Å²) in [6.45, 7) is 9.10. The van der Waals surface area contributed by atoms with Crippen LogP contribution in [0.15, 0.2) is 24.3 Å². The lowest BCUT2D eigenvalue weighted by Crippen LogP contribution is -2.47. The minimum atomic E-state index is 0.139. The molecular formula is C15H26N2O. The maximum Gasteiger partial charge on any atom is 0.119 e. The molecule has 0 aliphatic rings. The molecule has 0 saturated carbocycles. The first kappa shape index (κ1) is 15.0. The lowest BCUT2D eigenvalue weighted by molar-refractivity contribution is 0.340. The number of hydrogen-bond acceptors (Lipinski definition) is 3. The molecular weight excluding hydrogens is 224 g/mol. The Kier molecular flexibility index (Phi) is 6.16. The topological polar surface area (TPSA) is 33.3 Å². The van der Waals surface area contributed by atoms with Crippen molar-refractivity contribution in [3.05, 3.63) is 29.8 Å². The molecule has 0 fully saturated rings. The van der Waals surface area contributed by atoms with Crippen LogP contribution in [-0.4, -0.2) is 32.3 Å². The van der Waals surface area contributed by atoms with Crippen LogP contribution in [0.25, 0.3) is 0 Å². The van der Waals surface area contributed by atoms with Crippen molar-refractivity contribution in [3.63, 3.8) is 0 Å². The Labute approximate surface area is 111 Å². The molecule has 3 heteroatoms. The Bertz CT molecular complexity index is 333. The second kappa shape index (κ2) is 7.39. The number of nitrogens with one attached hydrogen (secondary N) is 2. The van der Waals surface area contributed by atoms with Crippen LogP contribution in [-0.2, 0) is 6.42 Å². The minimum Gasteiger partial charge on any atom is -0.494 e. The summed E-state index contributed by atoms with van der Waals surface area (Å²) in [5.74, 6) is 0.949. The van der Waals surface area contributed by atoms with Gasteiger partial charge in [0.05, 0.1) is 6.61 Å². The van der Waals surface area contributed by atoms with Crippen LogP contribution in [0, 0.1) is 0 Å². The van der Waals surface area contributed by atoms with E-state index in [0.29, 0.717) is 0 Å². The smallest absolute Gasteiger partial charge is 0.119 e. The third-order valence-corrected chi connectivity index (χ3v) is 2.87. The molecule has 0 aliphatic heterocycles. The van der Waals surface area contributed by atoms with Gasteiger partial charge in [-0.1, -0.05) is 12.1 Å². The first-order valence-electron chi connectivity index (χ1n) is 6.69. The van der Waals surface area contributed by atoms with E-state index < -0.39 is 0 Å². The van der Waals surface area contributed by atoms with Gasteiger partial charge in [0.25, 0.3) is 0 Å². The molecule has 18 heavy (non-hydrogen) atoms. The van der Waals surface area contributed by atoms with Crippen molar-refractivity contribution in [2.24, 2.45) is 0 Å². The van der Waals surface area contributed by atoms with Crippen molar-refractivity contribution in [3.8, 4) is 5.75 Å². The van der Waals surface area contributed by atoms with Gasteiger partial charge in [-0.15, -0.1) is 0 Å². The van der Waals surface area contributed by atoms with Crippen molar-refractivity contribution in [1.82, 2.24) is 10.6 Å². The highest BCUT2D eigenvalue weighted by atomic mass is 16.5. The molecule has 0 atom stereocenters. The number of benzene rings is 1. The van der Waals surface area contributed by atoms with Crippen molar-refractivity contribution in [2.45, 2.75) is 32.7 Å². The zero-order valence-electron chi connectivity index (χ0n) is 12.0. The van der Waals surface area contributed by atoms with Gasteiger partial charge in [-0.2, -0.15) is 0 Å². The lowest BCUT2D eigenvalue weighted by atomic mass is 10.0. The Morgan fingerprint density at radius 2 is 1.83 bits per heavy atom. The Balaban J connectivity index is 2.35. The standard InChI is InChI=1S/C15H26N2O/c1-5-18-14-8-6-13(7-9-14)10-11-17-15(2,3)12-16-4/h6-9,16-17H,5,10-12H2,1-4H3. The molecule has 0 aromatic heterocycles. The van der Waals surface area contributed by atoms with Gasteiger partial charge in [0.2, 0.25) is 0 Å². The van der Waals surface area contributed by atoms with Gasteiger partial charge in [-0.3, -0.25) is 0 Å². The summed E-state index contributed by atoms with van der Waals surface area (Å²) in [5.41, 5.74) is 1.48. The van der Waals surface area contributed by atoms with Crippen LogP contribution in [0.2, 0.25) is 0 Å². The molecule has 0 bridgehead atoms. The second-order valence-electron chi connectivity index (χ2n) is 5.17. The van der Waals surface area contributed by atoms with Crippen molar-refractivity contribution in [1.29, 1.82) is 0 Å². The van der Waals surface area contributed by atoms with Gasteiger partial charge in [-0.05, 0) is 58.5 Å². The molecule has 0 amide bonds. The second-order valence-corrected chi connectivity index (χ2v) is 5.17. The average Bonchev–Trinajstić information content (AvgIpc) is 2.31. The largest absolute Gasteiger partial charge is 0.494 e. The molecule has 1 aromatic carbocycles. The fourth-order valence-electron chi connectivity index (χ4n) is 1.97. The van der Waals surface area contributed by atoms with E-state index in [0.717, 1.165) is 31.9 Å². The van der Waals surface area contributed by atoms with E-state index >= 15 is 0 Å². The molecule has 0 spiro atoms. The van der Waals surface area contributed by atoms with Crippen LogP contribution < -0.4 is 15.4 Å². The molecule has 0 unspecified atom stereocenters. The summed E-state index contributed by atoms with van der Waals surface area (Å²) in [5, 5.41) is 6.75. The van der Waals surface area contributed by atoms with Crippen molar-refractivity contribution < 1.29 is 4.74 Å². The first-order chi connectivity index (χ1) is 8.57. The molecule has 1 aromatic rings. The predicted molar refractivity (Wildman–Crippen MR) is 77.3 cm³/mol. The van der Waals surface area contributed by atoms with E-state index in [4.69, 9.17) is 4.74 Å². The molecule has 0 heterocycles. The third kappa shape index (κ3) is 5.52. The molecule has 0 saturated heterocycles. The summed E-state index contributed by atoms with van der Waals surface area (Å²) in [4.78, 5) is 0. The quantitative estimate of drug-likeness (QED) is 0.742. The number of likely N-dealkylation sites (N-methyl/N-ethyl adjacent to an activating group) is 1. The zero-order valence-corrected chi connectivity index (χ0v) is 12.0. The van der Waals surface area contributed by atoms with Gasteiger partial charge in [0.1, 0.15) is 5.75 Å². The Morgan fingerprint density at radius 3 is 2.39 bits per heavy atom.